The largest absolute Gasteiger partial charge is 0.467 e. The van der Waals surface area contributed by atoms with Crippen molar-refractivity contribution in [3.05, 3.63) is 70.7 Å². The van der Waals surface area contributed by atoms with Gasteiger partial charge in [0.2, 0.25) is 0 Å². The van der Waals surface area contributed by atoms with Crippen molar-refractivity contribution in [3.63, 3.8) is 0 Å². The minimum Gasteiger partial charge on any atom is -0.467 e. The Hall–Kier alpha value is -2.89. The highest BCUT2D eigenvalue weighted by Crippen LogP contribution is 2.17. The molecule has 0 aliphatic heterocycles. The van der Waals surface area contributed by atoms with Crippen LogP contribution < -0.4 is 5.56 Å². The lowest BCUT2D eigenvalue weighted by atomic mass is 10.0. The van der Waals surface area contributed by atoms with Gasteiger partial charge in [0.05, 0.1) is 12.8 Å². The zero-order valence-corrected chi connectivity index (χ0v) is 14.5. The van der Waals surface area contributed by atoms with Gasteiger partial charge in [-0.2, -0.15) is 0 Å². The van der Waals surface area contributed by atoms with Gasteiger partial charge >= 0.3 is 0 Å². The van der Waals surface area contributed by atoms with E-state index >= 15 is 0 Å². The zero-order chi connectivity index (χ0) is 18.0. The zero-order valence-electron chi connectivity index (χ0n) is 14.5. The molecule has 0 saturated carbocycles. The lowest BCUT2D eigenvalue weighted by Gasteiger charge is -2.31. The van der Waals surface area contributed by atoms with Crippen LogP contribution in [0.4, 0.5) is 0 Å². The number of nitrogens with zero attached hydrogens (tertiary/aromatic N) is 3. The summed E-state index contributed by atoms with van der Waals surface area (Å²) in [6.45, 7) is 6.36. The van der Waals surface area contributed by atoms with Crippen LogP contribution in [-0.4, -0.2) is 26.2 Å². The molecule has 0 N–H and O–H groups in total. The van der Waals surface area contributed by atoms with Gasteiger partial charge < -0.3 is 9.32 Å². The van der Waals surface area contributed by atoms with Crippen LogP contribution in [0.3, 0.4) is 0 Å². The molecule has 0 bridgehead atoms. The number of carbonyl (C=O) groups is 1. The van der Waals surface area contributed by atoms with Crippen molar-refractivity contribution in [1.82, 2.24) is 14.3 Å². The highest BCUT2D eigenvalue weighted by atomic mass is 16.3. The number of carbonyl (C=O) groups excluding carboxylic acids is 1. The molecule has 1 amide bonds. The van der Waals surface area contributed by atoms with E-state index in [2.05, 4.69) is 4.98 Å². The molecule has 1 atom stereocenters. The molecule has 3 aromatic heterocycles. The Morgan fingerprint density at radius 2 is 2.04 bits per heavy atom. The van der Waals surface area contributed by atoms with Crippen LogP contribution in [0.15, 0.2) is 58.2 Å². The van der Waals surface area contributed by atoms with Crippen LogP contribution >= 0.6 is 0 Å². The first-order chi connectivity index (χ1) is 12.0. The minimum absolute atomic E-state index is 0.0581. The molecule has 0 aliphatic carbocycles. The van der Waals surface area contributed by atoms with Gasteiger partial charge in [-0.05, 0) is 37.1 Å². The van der Waals surface area contributed by atoms with Crippen molar-refractivity contribution in [3.8, 4) is 0 Å². The molecule has 0 aliphatic rings. The molecule has 0 radical (unpaired) electrons. The minimum atomic E-state index is -0.365. The van der Waals surface area contributed by atoms with Crippen molar-refractivity contribution < 1.29 is 9.21 Å². The number of amides is 1. The SMILES string of the molecule is CC(C)[C@H](C)N(Cc1ccco1)C(=O)c1cnc2ccccn2c1=O. The number of pyridine rings is 1. The molecule has 0 spiro atoms. The summed E-state index contributed by atoms with van der Waals surface area (Å²) in [6.07, 6.45) is 4.55. The Morgan fingerprint density at radius 3 is 2.72 bits per heavy atom. The van der Waals surface area contributed by atoms with Crippen molar-refractivity contribution in [2.45, 2.75) is 33.4 Å². The molecular weight excluding hydrogens is 318 g/mol. The predicted molar refractivity (Wildman–Crippen MR) is 94.3 cm³/mol. The summed E-state index contributed by atoms with van der Waals surface area (Å²) in [5, 5.41) is 0. The van der Waals surface area contributed by atoms with Gasteiger partial charge in [-0.3, -0.25) is 14.0 Å². The summed E-state index contributed by atoms with van der Waals surface area (Å²) in [7, 11) is 0. The fraction of sp³-hybridized carbons (Fsp3) is 0.316. The van der Waals surface area contributed by atoms with Crippen LogP contribution in [-0.2, 0) is 6.54 Å². The van der Waals surface area contributed by atoms with Crippen LogP contribution in [0.25, 0.3) is 5.65 Å². The Morgan fingerprint density at radius 1 is 1.24 bits per heavy atom. The number of furan rings is 1. The lowest BCUT2D eigenvalue weighted by Crippen LogP contribution is -2.43. The molecule has 6 heteroatoms. The summed E-state index contributed by atoms with van der Waals surface area (Å²) in [4.78, 5) is 31.7. The highest BCUT2D eigenvalue weighted by Gasteiger charge is 2.27. The van der Waals surface area contributed by atoms with E-state index in [-0.39, 0.29) is 29.0 Å². The van der Waals surface area contributed by atoms with Crippen LogP contribution in [0, 0.1) is 5.92 Å². The van der Waals surface area contributed by atoms with Gasteiger partial charge in [0, 0.05) is 18.4 Å². The molecule has 0 saturated heterocycles. The van der Waals surface area contributed by atoms with E-state index in [9.17, 15) is 9.59 Å². The van der Waals surface area contributed by atoms with Gasteiger partial charge in [0.15, 0.2) is 0 Å². The second-order valence-electron chi connectivity index (χ2n) is 6.40. The van der Waals surface area contributed by atoms with E-state index in [1.54, 1.807) is 41.6 Å². The van der Waals surface area contributed by atoms with Crippen molar-refractivity contribution >= 4 is 11.6 Å². The second kappa shape index (κ2) is 6.93. The third-order valence-corrected chi connectivity index (χ3v) is 4.47. The van der Waals surface area contributed by atoms with E-state index in [1.807, 2.05) is 26.8 Å². The molecule has 3 aromatic rings. The van der Waals surface area contributed by atoms with Crippen LogP contribution in [0.1, 0.15) is 36.9 Å². The standard InChI is InChI=1S/C19H21N3O3/c1-13(2)14(3)22(12-15-7-6-10-25-15)19(24)16-11-20-17-8-4-5-9-21(17)18(16)23/h4-11,13-14H,12H2,1-3H3/t14-/m0/s1. The normalized spacial score (nSPS) is 12.5. The highest BCUT2D eigenvalue weighted by molar-refractivity contribution is 5.94. The Labute approximate surface area is 145 Å². The van der Waals surface area contributed by atoms with Gasteiger partial charge in [-0.1, -0.05) is 19.9 Å². The molecule has 6 nitrogen and oxygen atoms in total. The summed E-state index contributed by atoms with van der Waals surface area (Å²) in [5.74, 6) is 0.568. The fourth-order valence-electron chi connectivity index (χ4n) is 2.66. The van der Waals surface area contributed by atoms with E-state index in [1.165, 1.54) is 10.6 Å². The maximum Gasteiger partial charge on any atom is 0.270 e. The van der Waals surface area contributed by atoms with E-state index in [0.29, 0.717) is 18.0 Å². The lowest BCUT2D eigenvalue weighted by molar-refractivity contribution is 0.0608. The quantitative estimate of drug-likeness (QED) is 0.717. The van der Waals surface area contributed by atoms with Gasteiger partial charge in [0.1, 0.15) is 17.0 Å². The third-order valence-electron chi connectivity index (χ3n) is 4.47. The number of hydrogen-bond donors (Lipinski definition) is 0. The van der Waals surface area contributed by atoms with Gasteiger partial charge in [-0.15, -0.1) is 0 Å². The Balaban J connectivity index is 2.02. The Bertz CT molecular complexity index is 928. The van der Waals surface area contributed by atoms with E-state index < -0.39 is 0 Å². The number of aromatic nitrogens is 2. The van der Waals surface area contributed by atoms with Crippen LogP contribution in [0.5, 0.6) is 0 Å². The molecule has 0 fully saturated rings. The monoisotopic (exact) mass is 339 g/mol. The summed E-state index contributed by atoms with van der Waals surface area (Å²) < 4.78 is 6.77. The first-order valence-corrected chi connectivity index (χ1v) is 8.28. The molecule has 3 rings (SSSR count). The van der Waals surface area contributed by atoms with Crippen molar-refractivity contribution in [2.75, 3.05) is 0 Å². The Kier molecular flexibility index (Phi) is 4.70. The third kappa shape index (κ3) is 3.33. The molecule has 25 heavy (non-hydrogen) atoms. The molecule has 0 unspecified atom stereocenters. The average Bonchev–Trinajstić information content (AvgIpc) is 3.12. The molecule has 130 valence electrons. The summed E-state index contributed by atoms with van der Waals surface area (Å²) in [5.41, 5.74) is 0.206. The first-order valence-electron chi connectivity index (χ1n) is 8.28. The van der Waals surface area contributed by atoms with E-state index in [4.69, 9.17) is 4.42 Å². The summed E-state index contributed by atoms with van der Waals surface area (Å²) >= 11 is 0. The summed E-state index contributed by atoms with van der Waals surface area (Å²) in [6, 6.07) is 8.80. The average molecular weight is 339 g/mol. The van der Waals surface area contributed by atoms with Crippen LogP contribution in [0.2, 0.25) is 0 Å². The number of fused-ring (bicyclic) bond motifs is 1. The van der Waals surface area contributed by atoms with Gasteiger partial charge in [0.25, 0.3) is 11.5 Å². The maximum atomic E-state index is 13.1. The smallest absolute Gasteiger partial charge is 0.270 e. The maximum absolute atomic E-state index is 13.1. The fourth-order valence-corrected chi connectivity index (χ4v) is 2.66. The molecule has 3 heterocycles. The topological polar surface area (TPSA) is 67.8 Å². The number of hydrogen-bond acceptors (Lipinski definition) is 4. The number of rotatable bonds is 5. The molecule has 0 aromatic carbocycles. The predicted octanol–water partition coefficient (Wildman–Crippen LogP) is 2.97. The van der Waals surface area contributed by atoms with E-state index in [0.717, 1.165) is 0 Å². The van der Waals surface area contributed by atoms with Gasteiger partial charge in [-0.25, -0.2) is 4.98 Å². The first kappa shape index (κ1) is 17.0. The second-order valence-corrected chi connectivity index (χ2v) is 6.40. The van der Waals surface area contributed by atoms with Crippen molar-refractivity contribution in [2.24, 2.45) is 5.92 Å². The molecular formula is C19H21N3O3. The van der Waals surface area contributed by atoms with Crippen molar-refractivity contribution in [1.29, 1.82) is 0 Å².